The number of hydrogen-bond donors (Lipinski definition) is 5. The van der Waals surface area contributed by atoms with Gasteiger partial charge in [-0.05, 0) is 80.9 Å². The van der Waals surface area contributed by atoms with E-state index in [0.717, 1.165) is 0 Å². The summed E-state index contributed by atoms with van der Waals surface area (Å²) in [7, 11) is 2.86. The number of phenolic OH excluding ortho intramolecular Hbond substituents is 2. The standard InChI is InChI=1S/C33H28O10/c1-42-29-16-4-3-5-17(29)7-19-11-25(32(38)39)13-21(28(19)35)9-23-15-26(33(40)41)14-22(30(23)43-2)8-20-12-24(31(36)37)10-18(6-16)27(20)34/h3-5,10-15,34-35H,6-9H2,1-2H3,(H,36,37)(H,38,39)(H,40,41). The lowest BCUT2D eigenvalue weighted by Crippen LogP contribution is -2.09. The predicted molar refractivity (Wildman–Crippen MR) is 154 cm³/mol. The minimum atomic E-state index is -1.24. The van der Waals surface area contributed by atoms with Crippen molar-refractivity contribution in [3.8, 4) is 23.0 Å². The summed E-state index contributed by atoms with van der Waals surface area (Å²) in [6.07, 6.45) is 0.00344. The molecule has 1 aliphatic carbocycles. The average molecular weight is 585 g/mol. The maximum atomic E-state index is 12.1. The molecule has 0 amide bonds. The van der Waals surface area contributed by atoms with Gasteiger partial charge in [0, 0.05) is 25.7 Å². The molecule has 0 radical (unpaired) electrons. The van der Waals surface area contributed by atoms with Crippen LogP contribution in [0.15, 0.2) is 54.6 Å². The van der Waals surface area contributed by atoms with E-state index in [9.17, 15) is 39.9 Å². The molecule has 10 nitrogen and oxygen atoms in total. The first-order valence-electron chi connectivity index (χ1n) is 13.2. The zero-order valence-corrected chi connectivity index (χ0v) is 23.3. The fourth-order valence-corrected chi connectivity index (χ4v) is 5.71. The Morgan fingerprint density at radius 3 is 1.09 bits per heavy atom. The highest BCUT2D eigenvalue weighted by molar-refractivity contribution is 5.90. The SMILES string of the molecule is COc1c2cccc1Cc1cc(C(=O)O)cc(c1O)Cc1cc(C(=O)O)cc(c1OC)Cc1cc(C(=O)O)cc(c1O)C2. The van der Waals surface area contributed by atoms with Gasteiger partial charge in [0.25, 0.3) is 0 Å². The molecule has 0 spiro atoms. The average Bonchev–Trinajstić information content (AvgIpc) is 2.96. The van der Waals surface area contributed by atoms with Crippen LogP contribution in [0.25, 0.3) is 0 Å². The van der Waals surface area contributed by atoms with Crippen LogP contribution in [-0.2, 0) is 25.7 Å². The molecule has 4 aromatic carbocycles. The fraction of sp³-hybridized carbons (Fsp3) is 0.182. The summed E-state index contributed by atoms with van der Waals surface area (Å²) in [4.78, 5) is 36.3. The molecule has 5 N–H and O–H groups in total. The molecule has 0 unspecified atom stereocenters. The molecule has 1 aliphatic rings. The van der Waals surface area contributed by atoms with Crippen LogP contribution in [0.5, 0.6) is 23.0 Å². The van der Waals surface area contributed by atoms with Gasteiger partial charge in [-0.2, -0.15) is 0 Å². The van der Waals surface area contributed by atoms with Gasteiger partial charge in [0.05, 0.1) is 30.9 Å². The van der Waals surface area contributed by atoms with Crippen LogP contribution in [0.4, 0.5) is 0 Å². The molecule has 0 aromatic heterocycles. The molecule has 10 heteroatoms. The Hall–Kier alpha value is -5.51. The quantitative estimate of drug-likeness (QED) is 0.192. The Labute approximate surface area is 246 Å². The van der Waals surface area contributed by atoms with Crippen LogP contribution < -0.4 is 9.47 Å². The van der Waals surface area contributed by atoms with Gasteiger partial charge in [-0.25, -0.2) is 14.4 Å². The first-order chi connectivity index (χ1) is 20.5. The highest BCUT2D eigenvalue weighted by Crippen LogP contribution is 2.39. The van der Waals surface area contributed by atoms with Crippen molar-refractivity contribution in [2.75, 3.05) is 14.2 Å². The van der Waals surface area contributed by atoms with Crippen molar-refractivity contribution in [3.63, 3.8) is 0 Å². The van der Waals surface area contributed by atoms with E-state index in [0.29, 0.717) is 39.1 Å². The summed E-state index contributed by atoms with van der Waals surface area (Å²) in [5.41, 5.74) is 2.81. The molecule has 4 aromatic rings. The molecule has 0 aliphatic heterocycles. The Morgan fingerprint density at radius 1 is 0.512 bits per heavy atom. The van der Waals surface area contributed by atoms with Crippen LogP contribution in [0.1, 0.15) is 75.6 Å². The lowest BCUT2D eigenvalue weighted by atomic mass is 9.89. The van der Waals surface area contributed by atoms with Gasteiger partial charge in [-0.15, -0.1) is 0 Å². The Kier molecular flexibility index (Phi) is 7.69. The van der Waals surface area contributed by atoms with Crippen LogP contribution in [0.3, 0.4) is 0 Å². The molecule has 0 heterocycles. The summed E-state index contributed by atoms with van der Waals surface area (Å²) in [6, 6.07) is 13.5. The number of rotatable bonds is 5. The number of carboxylic acid groups (broad SMARTS) is 3. The second-order valence-electron chi connectivity index (χ2n) is 10.3. The van der Waals surface area contributed by atoms with Gasteiger partial charge in [0.2, 0.25) is 0 Å². The Balaban J connectivity index is 1.85. The van der Waals surface area contributed by atoms with E-state index >= 15 is 0 Å². The molecule has 0 atom stereocenters. The number of ether oxygens (including phenoxy) is 2. The summed E-state index contributed by atoms with van der Waals surface area (Å²) in [6.45, 7) is 0. The zero-order chi connectivity index (χ0) is 31.0. The van der Waals surface area contributed by atoms with Gasteiger partial charge in [0.1, 0.15) is 23.0 Å². The summed E-state index contributed by atoms with van der Waals surface area (Å²) in [5.74, 6) is -3.24. The summed E-state index contributed by atoms with van der Waals surface area (Å²) >= 11 is 0. The van der Waals surface area contributed by atoms with Gasteiger partial charge < -0.3 is 35.0 Å². The van der Waals surface area contributed by atoms with E-state index in [-0.39, 0.29) is 70.7 Å². The molecule has 5 rings (SSSR count). The first-order valence-corrected chi connectivity index (χ1v) is 13.2. The van der Waals surface area contributed by atoms with Crippen molar-refractivity contribution in [2.24, 2.45) is 0 Å². The second-order valence-corrected chi connectivity index (χ2v) is 10.3. The number of phenols is 2. The van der Waals surface area contributed by atoms with Gasteiger partial charge in [0.15, 0.2) is 0 Å². The van der Waals surface area contributed by atoms with Crippen LogP contribution >= 0.6 is 0 Å². The number of carbonyl (C=O) groups is 3. The number of para-hydroxylation sites is 1. The third-order valence-electron chi connectivity index (χ3n) is 7.63. The second kappa shape index (κ2) is 11.4. The highest BCUT2D eigenvalue weighted by Gasteiger charge is 2.24. The largest absolute Gasteiger partial charge is 0.507 e. The maximum absolute atomic E-state index is 12.1. The molecule has 0 fully saturated rings. The van der Waals surface area contributed by atoms with Crippen molar-refractivity contribution < 1.29 is 49.4 Å². The number of carboxylic acids is 3. The molecule has 0 saturated heterocycles. The van der Waals surface area contributed by atoms with Crippen molar-refractivity contribution >= 4 is 17.9 Å². The molecule has 43 heavy (non-hydrogen) atoms. The monoisotopic (exact) mass is 584 g/mol. The van der Waals surface area contributed by atoms with E-state index in [1.54, 1.807) is 18.2 Å². The molecule has 0 saturated carbocycles. The number of benzene rings is 4. The van der Waals surface area contributed by atoms with E-state index in [1.165, 1.54) is 50.6 Å². The topological polar surface area (TPSA) is 171 Å². The molecule has 8 bridgehead atoms. The van der Waals surface area contributed by atoms with Crippen LogP contribution in [0, 0.1) is 0 Å². The zero-order valence-electron chi connectivity index (χ0n) is 23.3. The first kappa shape index (κ1) is 29.0. The van der Waals surface area contributed by atoms with Crippen LogP contribution in [0.2, 0.25) is 0 Å². The smallest absolute Gasteiger partial charge is 0.335 e. The summed E-state index contributed by atoms with van der Waals surface area (Å²) < 4.78 is 11.4. The minimum Gasteiger partial charge on any atom is -0.507 e. The van der Waals surface area contributed by atoms with Gasteiger partial charge >= 0.3 is 17.9 Å². The Bertz CT molecular complexity index is 1690. The normalized spacial score (nSPS) is 12.3. The van der Waals surface area contributed by atoms with Crippen LogP contribution in [-0.4, -0.2) is 57.7 Å². The van der Waals surface area contributed by atoms with Gasteiger partial charge in [-0.1, -0.05) is 18.2 Å². The predicted octanol–water partition coefficient (Wildman–Crippen LogP) is 4.89. The van der Waals surface area contributed by atoms with E-state index in [1.807, 2.05) is 0 Å². The van der Waals surface area contributed by atoms with E-state index < -0.39 is 17.9 Å². The molecule has 220 valence electrons. The number of aromatic carboxylic acids is 3. The highest BCUT2D eigenvalue weighted by atomic mass is 16.5. The number of methoxy groups -OCH3 is 2. The maximum Gasteiger partial charge on any atom is 0.335 e. The number of aromatic hydroxyl groups is 2. The number of fused-ring (bicyclic) bond motifs is 8. The van der Waals surface area contributed by atoms with E-state index in [4.69, 9.17) is 9.47 Å². The van der Waals surface area contributed by atoms with Crippen molar-refractivity contribution in [3.05, 3.63) is 116 Å². The fourth-order valence-electron chi connectivity index (χ4n) is 5.71. The van der Waals surface area contributed by atoms with E-state index in [2.05, 4.69) is 0 Å². The minimum absolute atomic E-state index is 0.0614. The lowest BCUT2D eigenvalue weighted by molar-refractivity contribution is 0.0686. The molecular formula is C33H28O10. The third-order valence-corrected chi connectivity index (χ3v) is 7.63. The van der Waals surface area contributed by atoms with Crippen molar-refractivity contribution in [1.29, 1.82) is 0 Å². The van der Waals surface area contributed by atoms with Crippen molar-refractivity contribution in [1.82, 2.24) is 0 Å². The van der Waals surface area contributed by atoms with Crippen molar-refractivity contribution in [2.45, 2.75) is 25.7 Å². The summed E-state index contributed by atoms with van der Waals surface area (Å²) in [5, 5.41) is 52.4. The lowest BCUT2D eigenvalue weighted by Gasteiger charge is -2.20. The Morgan fingerprint density at radius 2 is 0.791 bits per heavy atom. The van der Waals surface area contributed by atoms with Gasteiger partial charge in [-0.3, -0.25) is 0 Å². The third kappa shape index (κ3) is 5.54. The molecular weight excluding hydrogens is 556 g/mol. The number of hydrogen-bond acceptors (Lipinski definition) is 7.